The van der Waals surface area contributed by atoms with Crippen LogP contribution in [0.4, 0.5) is 4.39 Å². The standard InChI is InChI=1S/C14H22FNO/c1-4-5-6-9-16-11(2)12-7-8-14(17-3)13(15)10-12/h7-8,10-11,16H,4-6,9H2,1-3H3/t11-/m1/s1. The molecule has 0 unspecified atom stereocenters. The fraction of sp³-hybridized carbons (Fsp3) is 0.571. The number of hydrogen-bond donors (Lipinski definition) is 1. The molecule has 0 fully saturated rings. The van der Waals surface area contributed by atoms with Crippen LogP contribution in [0.1, 0.15) is 44.7 Å². The van der Waals surface area contributed by atoms with Gasteiger partial charge in [0.05, 0.1) is 7.11 Å². The molecule has 0 heterocycles. The topological polar surface area (TPSA) is 21.3 Å². The quantitative estimate of drug-likeness (QED) is 0.733. The molecule has 1 atom stereocenters. The molecule has 0 spiro atoms. The molecule has 17 heavy (non-hydrogen) atoms. The first-order chi connectivity index (χ1) is 8.19. The number of hydrogen-bond acceptors (Lipinski definition) is 2. The Kier molecular flexibility index (Phi) is 5.98. The predicted octanol–water partition coefficient (Wildman–Crippen LogP) is 3.68. The number of methoxy groups -OCH3 is 1. The van der Waals surface area contributed by atoms with Crippen LogP contribution in [0, 0.1) is 5.82 Å². The number of nitrogens with one attached hydrogen (secondary N) is 1. The Balaban J connectivity index is 2.51. The van der Waals surface area contributed by atoms with Gasteiger partial charge in [0, 0.05) is 6.04 Å². The van der Waals surface area contributed by atoms with Crippen molar-refractivity contribution in [2.24, 2.45) is 0 Å². The Labute approximate surface area is 103 Å². The minimum Gasteiger partial charge on any atom is -0.494 e. The smallest absolute Gasteiger partial charge is 0.165 e. The first kappa shape index (κ1) is 14.0. The summed E-state index contributed by atoms with van der Waals surface area (Å²) in [5, 5.41) is 3.39. The molecule has 0 saturated heterocycles. The molecular weight excluding hydrogens is 217 g/mol. The molecule has 0 aliphatic heterocycles. The summed E-state index contributed by atoms with van der Waals surface area (Å²) in [6, 6.07) is 5.29. The Bertz CT molecular complexity index is 341. The van der Waals surface area contributed by atoms with Crippen molar-refractivity contribution in [1.29, 1.82) is 0 Å². The highest BCUT2D eigenvalue weighted by Crippen LogP contribution is 2.21. The first-order valence-corrected chi connectivity index (χ1v) is 6.25. The van der Waals surface area contributed by atoms with Gasteiger partial charge in [-0.3, -0.25) is 0 Å². The van der Waals surface area contributed by atoms with Gasteiger partial charge in [-0.25, -0.2) is 4.39 Å². The van der Waals surface area contributed by atoms with E-state index in [0.717, 1.165) is 12.1 Å². The van der Waals surface area contributed by atoms with Gasteiger partial charge in [0.2, 0.25) is 0 Å². The molecule has 2 nitrogen and oxygen atoms in total. The highest BCUT2D eigenvalue weighted by Gasteiger charge is 2.08. The van der Waals surface area contributed by atoms with Crippen molar-refractivity contribution in [3.8, 4) is 5.75 Å². The number of halogens is 1. The van der Waals surface area contributed by atoms with Crippen LogP contribution in [0.5, 0.6) is 5.75 Å². The van der Waals surface area contributed by atoms with Gasteiger partial charge in [-0.05, 0) is 37.6 Å². The third kappa shape index (κ3) is 4.35. The minimum absolute atomic E-state index is 0.173. The van der Waals surface area contributed by atoms with Crippen molar-refractivity contribution < 1.29 is 9.13 Å². The van der Waals surface area contributed by atoms with Crippen LogP contribution in [0.25, 0.3) is 0 Å². The summed E-state index contributed by atoms with van der Waals surface area (Å²) in [5.74, 6) is -0.000795. The van der Waals surface area contributed by atoms with Crippen LogP contribution < -0.4 is 10.1 Å². The molecule has 96 valence electrons. The molecule has 1 N–H and O–H groups in total. The molecule has 1 rings (SSSR count). The van der Waals surface area contributed by atoms with Gasteiger partial charge in [0.25, 0.3) is 0 Å². The number of benzene rings is 1. The maximum Gasteiger partial charge on any atom is 0.165 e. The molecule has 0 aromatic heterocycles. The molecule has 1 aromatic carbocycles. The lowest BCUT2D eigenvalue weighted by atomic mass is 10.1. The van der Waals surface area contributed by atoms with E-state index in [4.69, 9.17) is 4.74 Å². The summed E-state index contributed by atoms with van der Waals surface area (Å²) in [6.45, 7) is 5.21. The molecule has 0 aliphatic rings. The molecule has 0 radical (unpaired) electrons. The van der Waals surface area contributed by atoms with Crippen LogP contribution in [-0.4, -0.2) is 13.7 Å². The Morgan fingerprint density at radius 2 is 2.12 bits per heavy atom. The van der Waals surface area contributed by atoms with Crippen LogP contribution in [0.15, 0.2) is 18.2 Å². The van der Waals surface area contributed by atoms with Gasteiger partial charge in [0.1, 0.15) is 0 Å². The van der Waals surface area contributed by atoms with E-state index in [0.29, 0.717) is 5.75 Å². The molecule has 0 aliphatic carbocycles. The molecule has 0 saturated carbocycles. The molecule has 3 heteroatoms. The molecular formula is C14H22FNO. The fourth-order valence-corrected chi connectivity index (χ4v) is 1.76. The number of ether oxygens (including phenoxy) is 1. The summed E-state index contributed by atoms with van der Waals surface area (Å²) in [5.41, 5.74) is 0.958. The minimum atomic E-state index is -0.299. The maximum atomic E-state index is 13.5. The van der Waals surface area contributed by atoms with Crippen LogP contribution in [0.3, 0.4) is 0 Å². The zero-order valence-corrected chi connectivity index (χ0v) is 10.9. The van der Waals surface area contributed by atoms with E-state index >= 15 is 0 Å². The molecule has 0 amide bonds. The summed E-state index contributed by atoms with van der Waals surface area (Å²) < 4.78 is 18.4. The number of rotatable bonds is 7. The average Bonchev–Trinajstić information content (AvgIpc) is 2.34. The van der Waals surface area contributed by atoms with Gasteiger partial charge in [-0.15, -0.1) is 0 Å². The zero-order valence-electron chi connectivity index (χ0n) is 10.9. The van der Waals surface area contributed by atoms with Crippen LogP contribution in [0.2, 0.25) is 0 Å². The van der Waals surface area contributed by atoms with Gasteiger partial charge in [0.15, 0.2) is 11.6 Å². The van der Waals surface area contributed by atoms with Crippen molar-refractivity contribution in [2.75, 3.05) is 13.7 Å². The SMILES string of the molecule is CCCCCN[C@H](C)c1ccc(OC)c(F)c1. The second kappa shape index (κ2) is 7.28. The van der Waals surface area contributed by atoms with Crippen molar-refractivity contribution in [3.05, 3.63) is 29.6 Å². The average molecular weight is 239 g/mol. The van der Waals surface area contributed by atoms with E-state index in [9.17, 15) is 4.39 Å². The van der Waals surface area contributed by atoms with E-state index in [1.807, 2.05) is 13.0 Å². The Morgan fingerprint density at radius 3 is 2.71 bits per heavy atom. The van der Waals surface area contributed by atoms with E-state index < -0.39 is 0 Å². The van der Waals surface area contributed by atoms with E-state index in [2.05, 4.69) is 12.2 Å². The lowest BCUT2D eigenvalue weighted by Crippen LogP contribution is -2.19. The summed E-state index contributed by atoms with van der Waals surface area (Å²) in [6.07, 6.45) is 3.61. The lowest BCUT2D eigenvalue weighted by molar-refractivity contribution is 0.385. The Hall–Kier alpha value is -1.09. The Morgan fingerprint density at radius 1 is 1.35 bits per heavy atom. The third-order valence-corrected chi connectivity index (χ3v) is 2.91. The second-order valence-electron chi connectivity index (χ2n) is 4.28. The van der Waals surface area contributed by atoms with E-state index in [-0.39, 0.29) is 11.9 Å². The van der Waals surface area contributed by atoms with E-state index in [1.54, 1.807) is 6.07 Å². The third-order valence-electron chi connectivity index (χ3n) is 2.91. The predicted molar refractivity (Wildman–Crippen MR) is 68.9 cm³/mol. The molecule has 1 aromatic rings. The van der Waals surface area contributed by atoms with Crippen molar-refractivity contribution in [3.63, 3.8) is 0 Å². The zero-order chi connectivity index (χ0) is 12.7. The van der Waals surface area contributed by atoms with Gasteiger partial charge < -0.3 is 10.1 Å². The number of unbranched alkanes of at least 4 members (excludes halogenated alkanes) is 2. The maximum absolute atomic E-state index is 13.5. The first-order valence-electron chi connectivity index (χ1n) is 6.25. The second-order valence-corrected chi connectivity index (χ2v) is 4.28. The highest BCUT2D eigenvalue weighted by molar-refractivity contribution is 5.30. The van der Waals surface area contributed by atoms with Crippen molar-refractivity contribution in [1.82, 2.24) is 5.32 Å². The largest absolute Gasteiger partial charge is 0.494 e. The van der Waals surface area contributed by atoms with Gasteiger partial charge in [-0.1, -0.05) is 25.8 Å². The van der Waals surface area contributed by atoms with Crippen LogP contribution in [-0.2, 0) is 0 Å². The molecule has 0 bridgehead atoms. The van der Waals surface area contributed by atoms with E-state index in [1.165, 1.54) is 32.4 Å². The van der Waals surface area contributed by atoms with Gasteiger partial charge in [-0.2, -0.15) is 0 Å². The summed E-state index contributed by atoms with van der Waals surface area (Å²) in [4.78, 5) is 0. The monoisotopic (exact) mass is 239 g/mol. The van der Waals surface area contributed by atoms with Crippen LogP contribution >= 0.6 is 0 Å². The van der Waals surface area contributed by atoms with Crippen molar-refractivity contribution >= 4 is 0 Å². The van der Waals surface area contributed by atoms with Gasteiger partial charge >= 0.3 is 0 Å². The lowest BCUT2D eigenvalue weighted by Gasteiger charge is -2.15. The summed E-state index contributed by atoms with van der Waals surface area (Å²) >= 11 is 0. The fourth-order valence-electron chi connectivity index (χ4n) is 1.76. The summed E-state index contributed by atoms with van der Waals surface area (Å²) in [7, 11) is 1.48. The van der Waals surface area contributed by atoms with Crippen molar-refractivity contribution in [2.45, 2.75) is 39.2 Å². The normalized spacial score (nSPS) is 12.5. The highest BCUT2D eigenvalue weighted by atomic mass is 19.1.